The molecule has 0 saturated carbocycles. The van der Waals surface area contributed by atoms with E-state index in [9.17, 15) is 9.18 Å². The molecule has 3 heteroatoms. The van der Waals surface area contributed by atoms with E-state index in [-0.39, 0.29) is 11.6 Å². The standard InChI is InChI=1S/C14H15FO2/c1-8-10-6-5-9(15)7-11(10)17-12(8)13(16)14(2,3)4/h5-7H,1-4H3. The van der Waals surface area contributed by atoms with Gasteiger partial charge in [-0.05, 0) is 19.1 Å². The van der Waals surface area contributed by atoms with Crippen LogP contribution in [-0.2, 0) is 0 Å². The zero-order chi connectivity index (χ0) is 12.8. The van der Waals surface area contributed by atoms with Crippen LogP contribution in [-0.4, -0.2) is 5.78 Å². The van der Waals surface area contributed by atoms with Crippen molar-refractivity contribution in [2.45, 2.75) is 27.7 Å². The first-order valence-electron chi connectivity index (χ1n) is 5.54. The van der Waals surface area contributed by atoms with Crippen molar-refractivity contribution in [1.29, 1.82) is 0 Å². The van der Waals surface area contributed by atoms with Crippen LogP contribution in [0.2, 0.25) is 0 Å². The van der Waals surface area contributed by atoms with Gasteiger partial charge in [-0.25, -0.2) is 4.39 Å². The van der Waals surface area contributed by atoms with Crippen LogP contribution < -0.4 is 0 Å². The van der Waals surface area contributed by atoms with Gasteiger partial charge in [0, 0.05) is 22.4 Å². The Morgan fingerprint density at radius 1 is 1.29 bits per heavy atom. The molecule has 0 fully saturated rings. The lowest BCUT2D eigenvalue weighted by molar-refractivity contribution is 0.0830. The second-order valence-corrected chi connectivity index (χ2v) is 5.28. The van der Waals surface area contributed by atoms with E-state index >= 15 is 0 Å². The number of benzene rings is 1. The molecule has 0 aliphatic rings. The Hall–Kier alpha value is -1.64. The molecule has 1 aromatic carbocycles. The maximum Gasteiger partial charge on any atom is 0.203 e. The summed E-state index contributed by atoms with van der Waals surface area (Å²) in [5, 5.41) is 0.791. The normalized spacial score (nSPS) is 12.1. The maximum atomic E-state index is 13.1. The molecule has 17 heavy (non-hydrogen) atoms. The van der Waals surface area contributed by atoms with Crippen LogP contribution in [0.5, 0.6) is 0 Å². The number of carbonyl (C=O) groups excluding carboxylic acids is 1. The highest BCUT2D eigenvalue weighted by molar-refractivity contribution is 6.02. The Morgan fingerprint density at radius 3 is 2.53 bits per heavy atom. The van der Waals surface area contributed by atoms with Gasteiger partial charge in [-0.3, -0.25) is 4.79 Å². The minimum Gasteiger partial charge on any atom is -0.453 e. The quantitative estimate of drug-likeness (QED) is 0.695. The molecule has 0 amide bonds. The van der Waals surface area contributed by atoms with Crippen LogP contribution in [0, 0.1) is 18.2 Å². The van der Waals surface area contributed by atoms with E-state index in [1.54, 1.807) is 6.07 Å². The Balaban J connectivity index is 2.64. The zero-order valence-electron chi connectivity index (χ0n) is 10.4. The summed E-state index contributed by atoms with van der Waals surface area (Å²) >= 11 is 0. The third-order valence-corrected chi connectivity index (χ3v) is 2.79. The number of carbonyl (C=O) groups is 1. The van der Waals surface area contributed by atoms with Crippen molar-refractivity contribution in [2.24, 2.45) is 5.41 Å². The minimum absolute atomic E-state index is 0.0633. The molecule has 0 spiro atoms. The molecular weight excluding hydrogens is 219 g/mol. The SMILES string of the molecule is Cc1c(C(=O)C(C)(C)C)oc2cc(F)ccc12. The average Bonchev–Trinajstić information content (AvgIpc) is 2.53. The van der Waals surface area contributed by atoms with Crippen LogP contribution in [0.1, 0.15) is 36.9 Å². The average molecular weight is 234 g/mol. The Morgan fingerprint density at radius 2 is 1.94 bits per heavy atom. The number of furan rings is 1. The van der Waals surface area contributed by atoms with Gasteiger partial charge in [-0.1, -0.05) is 20.8 Å². The van der Waals surface area contributed by atoms with E-state index in [2.05, 4.69) is 0 Å². The van der Waals surface area contributed by atoms with Crippen molar-refractivity contribution in [3.63, 3.8) is 0 Å². The van der Waals surface area contributed by atoms with Gasteiger partial charge in [0.15, 0.2) is 5.76 Å². The second kappa shape index (κ2) is 3.69. The molecule has 0 atom stereocenters. The van der Waals surface area contributed by atoms with E-state index in [4.69, 9.17) is 4.42 Å². The topological polar surface area (TPSA) is 30.2 Å². The fourth-order valence-electron chi connectivity index (χ4n) is 1.76. The maximum absolute atomic E-state index is 13.1. The van der Waals surface area contributed by atoms with Crippen LogP contribution in [0.25, 0.3) is 11.0 Å². The Bertz CT molecular complexity index is 588. The van der Waals surface area contributed by atoms with Crippen molar-refractivity contribution in [3.8, 4) is 0 Å². The summed E-state index contributed by atoms with van der Waals surface area (Å²) in [6.45, 7) is 7.33. The number of hydrogen-bond donors (Lipinski definition) is 0. The van der Waals surface area contributed by atoms with Gasteiger partial charge >= 0.3 is 0 Å². The van der Waals surface area contributed by atoms with E-state index in [1.165, 1.54) is 12.1 Å². The molecule has 90 valence electrons. The molecule has 0 aliphatic carbocycles. The number of rotatable bonds is 1. The predicted molar refractivity (Wildman–Crippen MR) is 64.7 cm³/mol. The second-order valence-electron chi connectivity index (χ2n) is 5.28. The summed E-state index contributed by atoms with van der Waals surface area (Å²) in [6.07, 6.45) is 0. The number of hydrogen-bond acceptors (Lipinski definition) is 2. The molecule has 0 unspecified atom stereocenters. The molecular formula is C14H15FO2. The molecule has 0 aliphatic heterocycles. The fourth-order valence-corrected chi connectivity index (χ4v) is 1.76. The summed E-state index contributed by atoms with van der Waals surface area (Å²) in [5.41, 5.74) is 0.701. The third kappa shape index (κ3) is 1.97. The Kier molecular flexibility index (Phi) is 2.57. The summed E-state index contributed by atoms with van der Waals surface area (Å²) in [4.78, 5) is 12.2. The summed E-state index contributed by atoms with van der Waals surface area (Å²) in [6, 6.07) is 4.32. The van der Waals surface area contributed by atoms with Gasteiger partial charge in [0.05, 0.1) is 0 Å². The highest BCUT2D eigenvalue weighted by atomic mass is 19.1. The molecule has 2 rings (SSSR count). The molecule has 0 bridgehead atoms. The largest absolute Gasteiger partial charge is 0.453 e. The predicted octanol–water partition coefficient (Wildman–Crippen LogP) is 4.11. The smallest absolute Gasteiger partial charge is 0.203 e. The van der Waals surface area contributed by atoms with Gasteiger partial charge in [0.1, 0.15) is 11.4 Å². The van der Waals surface area contributed by atoms with E-state index in [1.807, 2.05) is 27.7 Å². The number of fused-ring (bicyclic) bond motifs is 1. The van der Waals surface area contributed by atoms with E-state index in [0.717, 1.165) is 10.9 Å². The van der Waals surface area contributed by atoms with Crippen LogP contribution in [0.4, 0.5) is 4.39 Å². The van der Waals surface area contributed by atoms with Gasteiger partial charge in [-0.2, -0.15) is 0 Å². The molecule has 0 saturated heterocycles. The van der Waals surface area contributed by atoms with Crippen molar-refractivity contribution < 1.29 is 13.6 Å². The summed E-state index contributed by atoms with van der Waals surface area (Å²) < 4.78 is 18.5. The fraction of sp³-hybridized carbons (Fsp3) is 0.357. The highest BCUT2D eigenvalue weighted by Gasteiger charge is 2.28. The van der Waals surface area contributed by atoms with Crippen LogP contribution in [0.15, 0.2) is 22.6 Å². The number of ketones is 1. The van der Waals surface area contributed by atoms with Crippen molar-refractivity contribution in [1.82, 2.24) is 0 Å². The van der Waals surface area contributed by atoms with E-state index in [0.29, 0.717) is 11.3 Å². The summed E-state index contributed by atoms with van der Waals surface area (Å²) in [5.74, 6) is -0.0919. The molecule has 1 heterocycles. The lowest BCUT2D eigenvalue weighted by Crippen LogP contribution is -2.20. The van der Waals surface area contributed by atoms with Crippen molar-refractivity contribution in [2.75, 3.05) is 0 Å². The first-order valence-corrected chi connectivity index (χ1v) is 5.54. The van der Waals surface area contributed by atoms with E-state index < -0.39 is 5.41 Å². The number of aryl methyl sites for hydroxylation is 1. The van der Waals surface area contributed by atoms with Gasteiger partial charge < -0.3 is 4.42 Å². The minimum atomic E-state index is -0.503. The molecule has 1 aromatic heterocycles. The Labute approximate surface area is 99.4 Å². The third-order valence-electron chi connectivity index (χ3n) is 2.79. The van der Waals surface area contributed by atoms with Crippen LogP contribution in [0.3, 0.4) is 0 Å². The zero-order valence-corrected chi connectivity index (χ0v) is 10.4. The van der Waals surface area contributed by atoms with Crippen molar-refractivity contribution in [3.05, 3.63) is 35.3 Å². The molecule has 0 N–H and O–H groups in total. The number of Topliss-reactive ketones (excluding diaryl/α,β-unsaturated/α-hetero) is 1. The highest BCUT2D eigenvalue weighted by Crippen LogP contribution is 2.30. The number of halogens is 1. The molecule has 2 nitrogen and oxygen atoms in total. The summed E-state index contributed by atoms with van der Waals surface area (Å²) in [7, 11) is 0. The lowest BCUT2D eigenvalue weighted by atomic mass is 9.88. The van der Waals surface area contributed by atoms with Crippen LogP contribution >= 0.6 is 0 Å². The van der Waals surface area contributed by atoms with Gasteiger partial charge in [0.2, 0.25) is 5.78 Å². The first kappa shape index (κ1) is 11.8. The van der Waals surface area contributed by atoms with Gasteiger partial charge in [-0.15, -0.1) is 0 Å². The lowest BCUT2D eigenvalue weighted by Gasteiger charge is -2.14. The van der Waals surface area contributed by atoms with Gasteiger partial charge in [0.25, 0.3) is 0 Å². The van der Waals surface area contributed by atoms with Crippen molar-refractivity contribution >= 4 is 16.8 Å². The molecule has 0 radical (unpaired) electrons. The monoisotopic (exact) mass is 234 g/mol. The first-order chi connectivity index (χ1) is 7.80. The molecule has 2 aromatic rings.